The van der Waals surface area contributed by atoms with Crippen molar-refractivity contribution in [3.05, 3.63) is 51.8 Å². The number of aromatic hydroxyl groups is 1. The lowest BCUT2D eigenvalue weighted by Gasteiger charge is -2.10. The van der Waals surface area contributed by atoms with Crippen molar-refractivity contribution >= 4 is 23.2 Å². The first-order chi connectivity index (χ1) is 8.00. The molecule has 2 rings (SSSR count). The Hall–Kier alpha value is -1.25. The molecule has 0 radical (unpaired) electrons. The van der Waals surface area contributed by atoms with Crippen LogP contribution in [-0.2, 0) is 0 Å². The van der Waals surface area contributed by atoms with Gasteiger partial charge in [0.1, 0.15) is 11.6 Å². The fourth-order valence-electron chi connectivity index (χ4n) is 1.64. The number of hydrogen-bond acceptors (Lipinski definition) is 1. The van der Waals surface area contributed by atoms with Crippen LogP contribution in [0, 0.1) is 12.7 Å². The molecule has 1 nitrogen and oxygen atoms in total. The van der Waals surface area contributed by atoms with Crippen molar-refractivity contribution in [1.29, 1.82) is 0 Å². The normalized spacial score (nSPS) is 10.6. The second-order valence-electron chi connectivity index (χ2n) is 3.70. The Morgan fingerprint density at radius 1 is 1.06 bits per heavy atom. The summed E-state index contributed by atoms with van der Waals surface area (Å²) in [4.78, 5) is 0. The molecule has 0 amide bonds. The minimum absolute atomic E-state index is 0.0885. The van der Waals surface area contributed by atoms with Crippen LogP contribution in [0.3, 0.4) is 0 Å². The average Bonchev–Trinajstić information content (AvgIpc) is 2.28. The number of rotatable bonds is 1. The van der Waals surface area contributed by atoms with E-state index >= 15 is 0 Å². The van der Waals surface area contributed by atoms with E-state index in [2.05, 4.69) is 0 Å². The molecule has 0 aromatic heterocycles. The Morgan fingerprint density at radius 2 is 1.76 bits per heavy atom. The molecule has 2 aromatic carbocycles. The van der Waals surface area contributed by atoms with Gasteiger partial charge in [0, 0.05) is 11.6 Å². The third kappa shape index (κ3) is 2.24. The summed E-state index contributed by atoms with van der Waals surface area (Å²) >= 11 is 11.8. The molecule has 0 atom stereocenters. The number of hydrogen-bond donors (Lipinski definition) is 1. The Bertz CT molecular complexity index is 582. The first-order valence-corrected chi connectivity index (χ1v) is 5.70. The second kappa shape index (κ2) is 4.55. The summed E-state index contributed by atoms with van der Waals surface area (Å²) in [5.74, 6) is -0.391. The standard InChI is InChI=1S/C13H9Cl2FO/c1-7-8(3-2-4-12(7)16)9-5-11(15)13(17)6-10(9)14/h2-6,17H,1H3. The van der Waals surface area contributed by atoms with E-state index in [1.165, 1.54) is 18.2 Å². The summed E-state index contributed by atoms with van der Waals surface area (Å²) in [7, 11) is 0. The summed E-state index contributed by atoms with van der Waals surface area (Å²) in [6, 6.07) is 7.63. The Morgan fingerprint density at radius 3 is 2.47 bits per heavy atom. The molecular formula is C13H9Cl2FO. The third-order valence-electron chi connectivity index (χ3n) is 2.59. The first kappa shape index (κ1) is 12.2. The van der Waals surface area contributed by atoms with Gasteiger partial charge >= 0.3 is 0 Å². The van der Waals surface area contributed by atoms with Crippen molar-refractivity contribution in [2.45, 2.75) is 6.92 Å². The van der Waals surface area contributed by atoms with E-state index < -0.39 is 0 Å². The molecule has 0 heterocycles. The van der Waals surface area contributed by atoms with Crippen LogP contribution in [0.5, 0.6) is 5.75 Å². The van der Waals surface area contributed by atoms with Gasteiger partial charge in [-0.3, -0.25) is 0 Å². The molecule has 0 saturated carbocycles. The van der Waals surface area contributed by atoms with Crippen molar-refractivity contribution in [3.63, 3.8) is 0 Å². The van der Waals surface area contributed by atoms with Gasteiger partial charge in [-0.05, 0) is 30.2 Å². The summed E-state index contributed by atoms with van der Waals surface area (Å²) in [5, 5.41) is 9.93. The number of benzene rings is 2. The molecule has 0 saturated heterocycles. The Balaban J connectivity index is 2.69. The molecule has 0 unspecified atom stereocenters. The van der Waals surface area contributed by atoms with E-state index in [0.717, 1.165) is 0 Å². The maximum absolute atomic E-state index is 13.5. The molecule has 0 bridgehead atoms. The van der Waals surface area contributed by atoms with E-state index in [0.29, 0.717) is 21.7 Å². The lowest BCUT2D eigenvalue weighted by Crippen LogP contribution is -1.89. The topological polar surface area (TPSA) is 20.2 Å². The van der Waals surface area contributed by atoms with Crippen molar-refractivity contribution < 1.29 is 9.50 Å². The highest BCUT2D eigenvalue weighted by atomic mass is 35.5. The first-order valence-electron chi connectivity index (χ1n) is 4.94. The van der Waals surface area contributed by atoms with Crippen molar-refractivity contribution in [3.8, 4) is 16.9 Å². The van der Waals surface area contributed by atoms with E-state index in [9.17, 15) is 9.50 Å². The van der Waals surface area contributed by atoms with E-state index in [4.69, 9.17) is 23.2 Å². The highest BCUT2D eigenvalue weighted by Gasteiger charge is 2.12. The molecule has 0 aliphatic carbocycles. The van der Waals surface area contributed by atoms with Gasteiger partial charge in [0.25, 0.3) is 0 Å². The van der Waals surface area contributed by atoms with Crippen LogP contribution in [0.1, 0.15) is 5.56 Å². The summed E-state index contributed by atoms with van der Waals surface area (Å²) in [6.45, 7) is 1.67. The van der Waals surface area contributed by atoms with Crippen LogP contribution >= 0.6 is 23.2 Å². The molecule has 0 fully saturated rings. The summed E-state index contributed by atoms with van der Waals surface area (Å²) < 4.78 is 13.5. The number of phenolic OH excluding ortho intramolecular Hbond substituents is 1. The largest absolute Gasteiger partial charge is 0.506 e. The maximum atomic E-state index is 13.5. The fourth-order valence-corrected chi connectivity index (χ4v) is 2.07. The van der Waals surface area contributed by atoms with Gasteiger partial charge in [-0.25, -0.2) is 4.39 Å². The predicted octanol–water partition coefficient (Wildman–Crippen LogP) is 4.81. The summed E-state index contributed by atoms with van der Waals surface area (Å²) in [5.41, 5.74) is 1.76. The Kier molecular flexibility index (Phi) is 3.27. The quantitative estimate of drug-likeness (QED) is 0.788. The fraction of sp³-hybridized carbons (Fsp3) is 0.0769. The van der Waals surface area contributed by atoms with Gasteiger partial charge in [0.15, 0.2) is 0 Å². The van der Waals surface area contributed by atoms with Gasteiger partial charge in [-0.1, -0.05) is 35.3 Å². The van der Waals surface area contributed by atoms with Crippen LogP contribution in [0.4, 0.5) is 4.39 Å². The van der Waals surface area contributed by atoms with Crippen molar-refractivity contribution in [1.82, 2.24) is 0 Å². The highest BCUT2D eigenvalue weighted by Crippen LogP contribution is 2.37. The van der Waals surface area contributed by atoms with Crippen molar-refractivity contribution in [2.24, 2.45) is 0 Å². The van der Waals surface area contributed by atoms with E-state index in [1.807, 2.05) is 0 Å². The lowest BCUT2D eigenvalue weighted by atomic mass is 10.00. The summed E-state index contributed by atoms with van der Waals surface area (Å²) in [6.07, 6.45) is 0. The zero-order chi connectivity index (χ0) is 12.6. The smallest absolute Gasteiger partial charge is 0.135 e. The van der Waals surface area contributed by atoms with Gasteiger partial charge < -0.3 is 5.11 Å². The molecule has 0 aliphatic rings. The van der Waals surface area contributed by atoms with Gasteiger partial charge in [-0.15, -0.1) is 0 Å². The second-order valence-corrected chi connectivity index (χ2v) is 4.51. The van der Waals surface area contributed by atoms with Crippen LogP contribution < -0.4 is 0 Å². The van der Waals surface area contributed by atoms with Crippen molar-refractivity contribution in [2.75, 3.05) is 0 Å². The predicted molar refractivity (Wildman–Crippen MR) is 68.3 cm³/mol. The Labute approximate surface area is 108 Å². The van der Waals surface area contributed by atoms with Crippen LogP contribution in [-0.4, -0.2) is 5.11 Å². The van der Waals surface area contributed by atoms with E-state index in [-0.39, 0.29) is 16.6 Å². The minimum Gasteiger partial charge on any atom is -0.506 e. The molecule has 17 heavy (non-hydrogen) atoms. The SMILES string of the molecule is Cc1c(F)cccc1-c1cc(Cl)c(O)cc1Cl. The molecule has 0 spiro atoms. The van der Waals surface area contributed by atoms with Gasteiger partial charge in [0.2, 0.25) is 0 Å². The van der Waals surface area contributed by atoms with Gasteiger partial charge in [-0.2, -0.15) is 0 Å². The van der Waals surface area contributed by atoms with Crippen LogP contribution in [0.15, 0.2) is 30.3 Å². The molecule has 0 aliphatic heterocycles. The zero-order valence-corrected chi connectivity index (χ0v) is 10.5. The monoisotopic (exact) mass is 270 g/mol. The zero-order valence-electron chi connectivity index (χ0n) is 8.97. The molecule has 2 aromatic rings. The van der Waals surface area contributed by atoms with E-state index in [1.54, 1.807) is 19.1 Å². The maximum Gasteiger partial charge on any atom is 0.135 e. The molecule has 1 N–H and O–H groups in total. The number of halogens is 3. The van der Waals surface area contributed by atoms with Crippen LogP contribution in [0.25, 0.3) is 11.1 Å². The van der Waals surface area contributed by atoms with Crippen LogP contribution in [0.2, 0.25) is 10.0 Å². The molecule has 88 valence electrons. The lowest BCUT2D eigenvalue weighted by molar-refractivity contribution is 0.475. The average molecular weight is 271 g/mol. The minimum atomic E-state index is -0.303. The highest BCUT2D eigenvalue weighted by molar-refractivity contribution is 6.36. The molecule has 4 heteroatoms. The number of phenols is 1. The van der Waals surface area contributed by atoms with Gasteiger partial charge in [0.05, 0.1) is 10.0 Å². The third-order valence-corrected chi connectivity index (χ3v) is 3.21. The molecular weight excluding hydrogens is 262 g/mol.